The third-order valence-electron chi connectivity index (χ3n) is 4.06. The third-order valence-corrected chi connectivity index (χ3v) is 4.71. The van der Waals surface area contributed by atoms with Gasteiger partial charge in [-0.2, -0.15) is 0 Å². The number of likely N-dealkylation sites (tertiary alicyclic amines) is 1. The molecule has 2 rings (SSSR count). The lowest BCUT2D eigenvalue weighted by Gasteiger charge is -2.29. The molecule has 4 heteroatoms. The van der Waals surface area contributed by atoms with Gasteiger partial charge in [0, 0.05) is 13.1 Å². The van der Waals surface area contributed by atoms with Crippen LogP contribution in [0.5, 0.6) is 0 Å². The van der Waals surface area contributed by atoms with Crippen LogP contribution in [-0.2, 0) is 0 Å². The van der Waals surface area contributed by atoms with E-state index in [0.29, 0.717) is 12.0 Å². The summed E-state index contributed by atoms with van der Waals surface area (Å²) in [5, 5.41) is 0. The fraction of sp³-hybridized carbons (Fsp3) is 0.714. The van der Waals surface area contributed by atoms with E-state index in [9.17, 15) is 0 Å². The van der Waals surface area contributed by atoms with Crippen LogP contribution in [0.3, 0.4) is 0 Å². The van der Waals surface area contributed by atoms with Gasteiger partial charge in [-0.15, -0.1) is 0 Å². The topological polar surface area (TPSA) is 42.4 Å². The number of nitrogens with two attached hydrogens (primary N) is 1. The van der Waals surface area contributed by atoms with Crippen molar-refractivity contribution in [3.05, 3.63) is 22.6 Å². The van der Waals surface area contributed by atoms with Gasteiger partial charge in [-0.3, -0.25) is 4.90 Å². The normalized spacial score (nSPS) is 23.5. The number of halogens is 1. The first-order valence-electron chi connectivity index (χ1n) is 6.60. The zero-order valence-corrected chi connectivity index (χ0v) is 13.0. The highest BCUT2D eigenvalue weighted by Gasteiger charge is 2.36. The molecule has 0 radical (unpaired) electrons. The van der Waals surface area contributed by atoms with Gasteiger partial charge in [0.25, 0.3) is 0 Å². The highest BCUT2D eigenvalue weighted by atomic mass is 79.9. The molecule has 0 aliphatic carbocycles. The van der Waals surface area contributed by atoms with Gasteiger partial charge in [0.1, 0.15) is 5.76 Å². The van der Waals surface area contributed by atoms with Gasteiger partial charge in [0.15, 0.2) is 0 Å². The van der Waals surface area contributed by atoms with E-state index in [4.69, 9.17) is 10.2 Å². The lowest BCUT2D eigenvalue weighted by molar-refractivity contribution is 0.182. The highest BCUT2D eigenvalue weighted by molar-refractivity contribution is 9.10. The summed E-state index contributed by atoms with van der Waals surface area (Å²) in [4.78, 5) is 2.46. The average molecular weight is 315 g/mol. The Kier molecular flexibility index (Phi) is 4.19. The molecule has 3 nitrogen and oxygen atoms in total. The molecule has 1 aromatic rings. The van der Waals surface area contributed by atoms with E-state index in [1.165, 1.54) is 6.42 Å². The van der Waals surface area contributed by atoms with Crippen LogP contribution in [0.4, 0.5) is 0 Å². The van der Waals surface area contributed by atoms with E-state index >= 15 is 0 Å². The second kappa shape index (κ2) is 5.35. The Balaban J connectivity index is 2.10. The van der Waals surface area contributed by atoms with E-state index in [1.54, 1.807) is 6.26 Å². The number of hydrogen-bond donors (Lipinski definition) is 1. The summed E-state index contributed by atoms with van der Waals surface area (Å²) >= 11 is 3.53. The molecule has 102 valence electrons. The lowest BCUT2D eigenvalue weighted by Crippen LogP contribution is -2.33. The minimum atomic E-state index is 0.196. The Morgan fingerprint density at radius 3 is 2.72 bits per heavy atom. The van der Waals surface area contributed by atoms with Crippen molar-refractivity contribution in [2.24, 2.45) is 17.1 Å². The summed E-state index contributed by atoms with van der Waals surface area (Å²) in [5.74, 6) is 1.70. The fourth-order valence-electron chi connectivity index (χ4n) is 2.74. The van der Waals surface area contributed by atoms with Crippen LogP contribution in [0.1, 0.15) is 39.0 Å². The maximum absolute atomic E-state index is 5.94. The van der Waals surface area contributed by atoms with Crippen LogP contribution in [0, 0.1) is 11.3 Å². The molecule has 2 N–H and O–H groups in total. The second-order valence-corrected chi connectivity index (χ2v) is 7.09. The minimum absolute atomic E-state index is 0.196. The Morgan fingerprint density at radius 1 is 1.56 bits per heavy atom. The van der Waals surface area contributed by atoms with Crippen LogP contribution < -0.4 is 5.73 Å². The van der Waals surface area contributed by atoms with Crippen LogP contribution in [-0.4, -0.2) is 24.5 Å². The largest absolute Gasteiger partial charge is 0.466 e. The second-order valence-electron chi connectivity index (χ2n) is 6.23. The quantitative estimate of drug-likeness (QED) is 0.929. The Labute approximate surface area is 118 Å². The summed E-state index contributed by atoms with van der Waals surface area (Å²) in [7, 11) is 0. The first-order chi connectivity index (χ1) is 8.43. The zero-order valence-electron chi connectivity index (χ0n) is 11.4. The van der Waals surface area contributed by atoms with Gasteiger partial charge >= 0.3 is 0 Å². The molecule has 1 saturated heterocycles. The van der Waals surface area contributed by atoms with Crippen LogP contribution in [0.2, 0.25) is 0 Å². The molecule has 2 heterocycles. The summed E-state index contributed by atoms with van der Waals surface area (Å²) in [5.41, 5.74) is 6.31. The van der Waals surface area contributed by atoms with Gasteiger partial charge in [0.2, 0.25) is 0 Å². The molecule has 0 bridgehead atoms. The number of furan rings is 1. The molecule has 1 aromatic heterocycles. The van der Waals surface area contributed by atoms with Crippen LogP contribution in [0.15, 0.2) is 21.2 Å². The molecular weight excluding hydrogens is 292 g/mol. The molecule has 1 fully saturated rings. The van der Waals surface area contributed by atoms with Gasteiger partial charge in [-0.05, 0) is 46.3 Å². The van der Waals surface area contributed by atoms with Gasteiger partial charge in [-0.25, -0.2) is 0 Å². The van der Waals surface area contributed by atoms with Crippen molar-refractivity contribution in [1.29, 1.82) is 0 Å². The first-order valence-corrected chi connectivity index (χ1v) is 7.39. The van der Waals surface area contributed by atoms with E-state index in [0.717, 1.165) is 29.2 Å². The van der Waals surface area contributed by atoms with E-state index in [-0.39, 0.29) is 6.04 Å². The first kappa shape index (κ1) is 14.1. The number of hydrogen-bond acceptors (Lipinski definition) is 3. The highest BCUT2D eigenvalue weighted by Crippen LogP contribution is 2.38. The molecule has 2 atom stereocenters. The third kappa shape index (κ3) is 2.81. The maximum atomic E-state index is 5.94. The molecule has 0 amide bonds. The van der Waals surface area contributed by atoms with Crippen molar-refractivity contribution < 1.29 is 4.42 Å². The Morgan fingerprint density at radius 2 is 2.28 bits per heavy atom. The summed E-state index contributed by atoms with van der Waals surface area (Å²) in [6, 6.07) is 2.14. The molecular formula is C14H23BrN2O. The van der Waals surface area contributed by atoms with Crippen molar-refractivity contribution in [1.82, 2.24) is 4.90 Å². The predicted octanol–water partition coefficient (Wildman–Crippen LogP) is 3.41. The van der Waals surface area contributed by atoms with Crippen LogP contribution in [0.25, 0.3) is 0 Å². The molecule has 1 aliphatic heterocycles. The number of rotatable bonds is 3. The number of nitrogens with zero attached hydrogens (tertiary/aromatic N) is 1. The minimum Gasteiger partial charge on any atom is -0.466 e. The molecule has 1 aliphatic rings. The van der Waals surface area contributed by atoms with E-state index in [2.05, 4.69) is 41.6 Å². The average Bonchev–Trinajstić information content (AvgIpc) is 2.89. The van der Waals surface area contributed by atoms with Gasteiger partial charge in [-0.1, -0.05) is 20.8 Å². The monoisotopic (exact) mass is 314 g/mol. The molecule has 0 aromatic carbocycles. The van der Waals surface area contributed by atoms with Crippen molar-refractivity contribution >= 4 is 15.9 Å². The predicted molar refractivity (Wildman–Crippen MR) is 77.3 cm³/mol. The van der Waals surface area contributed by atoms with Crippen molar-refractivity contribution in [2.45, 2.75) is 33.2 Å². The SMILES string of the molecule is CC(C)(C)C1CCN(C(CN)c2occc2Br)C1. The van der Waals surface area contributed by atoms with E-state index in [1.807, 2.05) is 6.07 Å². The lowest BCUT2D eigenvalue weighted by atomic mass is 9.80. The van der Waals surface area contributed by atoms with Crippen LogP contribution >= 0.6 is 15.9 Å². The van der Waals surface area contributed by atoms with E-state index < -0.39 is 0 Å². The zero-order chi connectivity index (χ0) is 13.3. The van der Waals surface area contributed by atoms with Crippen molar-refractivity contribution in [3.63, 3.8) is 0 Å². The van der Waals surface area contributed by atoms with Gasteiger partial charge in [0.05, 0.1) is 16.8 Å². The summed E-state index contributed by atoms with van der Waals surface area (Å²) < 4.78 is 6.61. The smallest absolute Gasteiger partial charge is 0.136 e. The Hall–Kier alpha value is -0.320. The van der Waals surface area contributed by atoms with Crippen molar-refractivity contribution in [3.8, 4) is 0 Å². The standard InChI is InChI=1S/C14H23BrN2O/c1-14(2,3)10-4-6-17(9-10)12(8-16)13-11(15)5-7-18-13/h5,7,10,12H,4,6,8-9,16H2,1-3H3. The Bertz CT molecular complexity index is 397. The van der Waals surface area contributed by atoms with Crippen molar-refractivity contribution in [2.75, 3.05) is 19.6 Å². The molecule has 2 unspecified atom stereocenters. The molecule has 0 saturated carbocycles. The molecule has 18 heavy (non-hydrogen) atoms. The summed E-state index contributed by atoms with van der Waals surface area (Å²) in [6.07, 6.45) is 2.97. The fourth-order valence-corrected chi connectivity index (χ4v) is 3.21. The maximum Gasteiger partial charge on any atom is 0.136 e. The summed E-state index contributed by atoms with van der Waals surface area (Å²) in [6.45, 7) is 9.78. The van der Waals surface area contributed by atoms with Gasteiger partial charge < -0.3 is 10.2 Å². The molecule has 0 spiro atoms.